The Bertz CT molecular complexity index is 666. The molecule has 6 nitrogen and oxygen atoms in total. The molecule has 0 heterocycles. The Kier molecular flexibility index (Phi) is 3.28. The van der Waals surface area contributed by atoms with E-state index < -0.39 is 20.8 Å². The van der Waals surface area contributed by atoms with Gasteiger partial charge < -0.3 is 20.9 Å². The summed E-state index contributed by atoms with van der Waals surface area (Å²) >= 11 is 0. The van der Waals surface area contributed by atoms with E-state index in [2.05, 4.69) is 0 Å². The quantitative estimate of drug-likeness (QED) is 0.526. The lowest BCUT2D eigenvalue weighted by molar-refractivity contribution is 0.433. The van der Waals surface area contributed by atoms with Crippen molar-refractivity contribution < 1.29 is 23.2 Å². The van der Waals surface area contributed by atoms with Crippen LogP contribution in [0.1, 0.15) is 0 Å². The van der Waals surface area contributed by atoms with Crippen molar-refractivity contribution in [2.24, 2.45) is 0 Å². The second-order valence-corrected chi connectivity index (χ2v) is 4.59. The highest BCUT2D eigenvalue weighted by Crippen LogP contribution is 2.37. The highest BCUT2D eigenvalue weighted by molar-refractivity contribution is 7.85. The van der Waals surface area contributed by atoms with Gasteiger partial charge >= 0.3 is 0 Å². The Balaban J connectivity index is 0.00000144. The standard InChI is InChI=1S/C10H8O5S.H3N/c11-8-5-9(16(13,14)15)10(12)7-4-2-1-3-6(7)8;/h1-5,11-12H,(H,13,14,15);1H3. The van der Waals surface area contributed by atoms with Gasteiger partial charge in [-0.3, -0.25) is 0 Å². The van der Waals surface area contributed by atoms with Crippen LogP contribution in [0.25, 0.3) is 10.8 Å². The summed E-state index contributed by atoms with van der Waals surface area (Å²) in [6.07, 6.45) is 0. The van der Waals surface area contributed by atoms with E-state index in [1.54, 1.807) is 12.1 Å². The molecule has 0 aromatic heterocycles. The molecule has 0 aliphatic heterocycles. The fourth-order valence-corrected chi connectivity index (χ4v) is 2.11. The molecule has 0 fully saturated rings. The first kappa shape index (κ1) is 13.2. The van der Waals surface area contributed by atoms with Crippen molar-refractivity contribution in [1.29, 1.82) is 0 Å². The average molecular weight is 257 g/mol. The summed E-state index contributed by atoms with van der Waals surface area (Å²) in [5.41, 5.74) is 0. The molecule has 17 heavy (non-hydrogen) atoms. The van der Waals surface area contributed by atoms with Crippen LogP contribution in [0.3, 0.4) is 0 Å². The first-order valence-corrected chi connectivity index (χ1v) is 5.71. The van der Waals surface area contributed by atoms with Crippen molar-refractivity contribution in [2.75, 3.05) is 0 Å². The molecular weight excluding hydrogens is 246 g/mol. The fourth-order valence-electron chi connectivity index (χ4n) is 1.51. The molecule has 0 saturated heterocycles. The number of fused-ring (bicyclic) bond motifs is 1. The Morgan fingerprint density at radius 2 is 1.59 bits per heavy atom. The van der Waals surface area contributed by atoms with E-state index >= 15 is 0 Å². The van der Waals surface area contributed by atoms with Gasteiger partial charge in [-0.05, 0) is 0 Å². The molecule has 6 N–H and O–H groups in total. The minimum Gasteiger partial charge on any atom is -0.744 e. The van der Waals surface area contributed by atoms with E-state index in [1.165, 1.54) is 12.1 Å². The number of hydrogen-bond acceptors (Lipinski definition) is 5. The van der Waals surface area contributed by atoms with E-state index in [9.17, 15) is 23.2 Å². The summed E-state index contributed by atoms with van der Waals surface area (Å²) < 4.78 is 32.5. The van der Waals surface area contributed by atoms with Gasteiger partial charge in [0.2, 0.25) is 0 Å². The molecule has 0 aliphatic rings. The topological polar surface area (TPSA) is 134 Å². The maximum absolute atomic E-state index is 10.8. The van der Waals surface area contributed by atoms with E-state index in [-0.39, 0.29) is 22.7 Å². The molecule has 0 radical (unpaired) electrons. The van der Waals surface area contributed by atoms with Crippen molar-refractivity contribution in [3.8, 4) is 11.5 Å². The molecular formula is C10H11NO5S. The summed E-state index contributed by atoms with van der Waals surface area (Å²) in [5.74, 6) is -0.994. The summed E-state index contributed by atoms with van der Waals surface area (Å²) in [5, 5.41) is 19.6. The van der Waals surface area contributed by atoms with Crippen molar-refractivity contribution in [3.05, 3.63) is 30.3 Å². The average Bonchev–Trinajstić information content (AvgIpc) is 2.22. The van der Waals surface area contributed by atoms with Gasteiger partial charge in [-0.25, -0.2) is 8.42 Å². The molecule has 0 saturated carbocycles. The monoisotopic (exact) mass is 257 g/mol. The minimum absolute atomic E-state index is 0. The molecule has 0 aliphatic carbocycles. The number of rotatable bonds is 1. The molecule has 0 unspecified atom stereocenters. The van der Waals surface area contributed by atoms with Crippen LogP contribution >= 0.6 is 0 Å². The molecule has 0 spiro atoms. The largest absolute Gasteiger partial charge is 0.744 e. The number of aromatic hydroxyl groups is 2. The molecule has 7 heteroatoms. The third-order valence-corrected chi connectivity index (χ3v) is 3.08. The SMILES string of the molecule is O=S(=O)([O-])c1cc(O)c2ccccc2c1O.[NH4+]. The van der Waals surface area contributed by atoms with Gasteiger partial charge in [0, 0.05) is 16.8 Å². The molecule has 0 amide bonds. The summed E-state index contributed by atoms with van der Waals surface area (Å²) in [4.78, 5) is -0.816. The van der Waals surface area contributed by atoms with E-state index in [4.69, 9.17) is 0 Å². The van der Waals surface area contributed by atoms with Crippen LogP contribution in [-0.4, -0.2) is 23.2 Å². The molecule has 2 rings (SSSR count). The minimum atomic E-state index is -4.81. The second-order valence-electron chi connectivity index (χ2n) is 3.24. The number of phenolic OH excluding ortho intramolecular Hbond substituents is 2. The van der Waals surface area contributed by atoms with E-state index in [0.717, 1.165) is 6.07 Å². The highest BCUT2D eigenvalue weighted by Gasteiger charge is 2.14. The van der Waals surface area contributed by atoms with Crippen LogP contribution in [-0.2, 0) is 10.1 Å². The van der Waals surface area contributed by atoms with Crippen LogP contribution < -0.4 is 6.15 Å². The van der Waals surface area contributed by atoms with Gasteiger partial charge in [0.25, 0.3) is 0 Å². The maximum Gasteiger partial charge on any atom is 0.141 e. The van der Waals surface area contributed by atoms with Crippen LogP contribution in [0.2, 0.25) is 0 Å². The van der Waals surface area contributed by atoms with Crippen LogP contribution in [0.5, 0.6) is 11.5 Å². The number of quaternary nitrogens is 1. The fraction of sp³-hybridized carbons (Fsp3) is 0. The normalized spacial score (nSPS) is 11.1. The molecule has 0 atom stereocenters. The number of benzene rings is 2. The third kappa shape index (κ3) is 2.16. The van der Waals surface area contributed by atoms with Gasteiger partial charge in [-0.1, -0.05) is 24.3 Å². The van der Waals surface area contributed by atoms with Crippen molar-refractivity contribution in [1.82, 2.24) is 6.15 Å². The van der Waals surface area contributed by atoms with Crippen LogP contribution in [0.15, 0.2) is 35.2 Å². The Morgan fingerprint density at radius 1 is 1.06 bits per heavy atom. The van der Waals surface area contributed by atoms with Crippen molar-refractivity contribution in [2.45, 2.75) is 4.90 Å². The van der Waals surface area contributed by atoms with Gasteiger partial charge in [0.1, 0.15) is 26.5 Å². The van der Waals surface area contributed by atoms with Crippen molar-refractivity contribution >= 4 is 20.9 Å². The number of hydrogen-bond donors (Lipinski definition) is 3. The summed E-state index contributed by atoms with van der Waals surface area (Å²) in [7, 11) is -4.81. The zero-order chi connectivity index (χ0) is 11.9. The highest BCUT2D eigenvalue weighted by atomic mass is 32.2. The smallest absolute Gasteiger partial charge is 0.141 e. The van der Waals surface area contributed by atoms with E-state index in [1.807, 2.05) is 0 Å². The van der Waals surface area contributed by atoms with Crippen LogP contribution in [0, 0.1) is 0 Å². The predicted molar refractivity (Wildman–Crippen MR) is 61.2 cm³/mol. The van der Waals surface area contributed by atoms with Gasteiger partial charge in [0.15, 0.2) is 0 Å². The molecule has 0 bridgehead atoms. The molecule has 2 aromatic carbocycles. The Morgan fingerprint density at radius 3 is 2.12 bits per heavy atom. The van der Waals surface area contributed by atoms with Crippen molar-refractivity contribution in [3.63, 3.8) is 0 Å². The summed E-state index contributed by atoms with van der Waals surface area (Å²) in [6, 6.07) is 6.85. The second kappa shape index (κ2) is 4.21. The zero-order valence-corrected chi connectivity index (χ0v) is 9.73. The lowest BCUT2D eigenvalue weighted by Crippen LogP contribution is -1.99. The van der Waals surface area contributed by atoms with Gasteiger partial charge in [-0.15, -0.1) is 0 Å². The molecule has 2 aromatic rings. The summed E-state index contributed by atoms with van der Waals surface area (Å²) in [6.45, 7) is 0. The number of phenols is 2. The molecule has 92 valence electrons. The lowest BCUT2D eigenvalue weighted by Gasteiger charge is -2.12. The maximum atomic E-state index is 10.8. The first-order chi connectivity index (χ1) is 7.41. The van der Waals surface area contributed by atoms with E-state index in [0.29, 0.717) is 0 Å². The van der Waals surface area contributed by atoms with Gasteiger partial charge in [-0.2, -0.15) is 0 Å². The lowest BCUT2D eigenvalue weighted by atomic mass is 10.1. The van der Waals surface area contributed by atoms with Gasteiger partial charge in [0.05, 0.1) is 0 Å². The Hall–Kier alpha value is -1.83. The predicted octanol–water partition coefficient (Wildman–Crippen LogP) is 1.53. The van der Waals surface area contributed by atoms with Crippen LogP contribution in [0.4, 0.5) is 0 Å². The third-order valence-electron chi connectivity index (χ3n) is 2.23. The zero-order valence-electron chi connectivity index (χ0n) is 8.91. The first-order valence-electron chi connectivity index (χ1n) is 4.31. The Labute approximate surface area is 97.5 Å².